The van der Waals surface area contributed by atoms with Crippen molar-refractivity contribution in [2.75, 3.05) is 10.6 Å². The third-order valence-electron chi connectivity index (χ3n) is 6.97. The van der Waals surface area contributed by atoms with Gasteiger partial charge in [-0.05, 0) is 37.1 Å². The molecular weight excluding hydrogens is 444 g/mol. The molecule has 4 heteroatoms. The molecule has 0 unspecified atom stereocenters. The largest absolute Gasteiger partial charge is 0.326 e. The second kappa shape index (κ2) is 23.6. The molecule has 4 nitrogen and oxygen atoms in total. The summed E-state index contributed by atoms with van der Waals surface area (Å²) in [6.45, 7) is 4.51. The van der Waals surface area contributed by atoms with Gasteiger partial charge >= 0.3 is 0 Å². The van der Waals surface area contributed by atoms with Crippen molar-refractivity contribution < 1.29 is 9.59 Å². The molecule has 0 radical (unpaired) electrons. The van der Waals surface area contributed by atoms with Gasteiger partial charge in [0.05, 0.1) is 0 Å². The summed E-state index contributed by atoms with van der Waals surface area (Å²) in [7, 11) is 0. The Labute approximate surface area is 222 Å². The first-order valence-electron chi connectivity index (χ1n) is 15.4. The van der Waals surface area contributed by atoms with Gasteiger partial charge in [0, 0.05) is 24.2 Å². The van der Waals surface area contributed by atoms with Gasteiger partial charge in [-0.1, -0.05) is 129 Å². The van der Waals surface area contributed by atoms with Crippen molar-refractivity contribution in [2.45, 2.75) is 155 Å². The highest BCUT2D eigenvalue weighted by Crippen LogP contribution is 2.16. The van der Waals surface area contributed by atoms with Crippen molar-refractivity contribution >= 4 is 23.2 Å². The van der Waals surface area contributed by atoms with Crippen LogP contribution in [0.2, 0.25) is 0 Å². The SMILES string of the molecule is CCCCCCCCCCCCC(=O)Nc1ccc(NC(=O)CCCCCCCCCCCC)cc1. The first-order valence-corrected chi connectivity index (χ1v) is 15.4. The Morgan fingerprint density at radius 3 is 0.972 bits per heavy atom. The van der Waals surface area contributed by atoms with Gasteiger partial charge in [-0.25, -0.2) is 0 Å². The normalized spacial score (nSPS) is 10.9. The summed E-state index contributed by atoms with van der Waals surface area (Å²) >= 11 is 0. The van der Waals surface area contributed by atoms with Crippen LogP contribution in [-0.4, -0.2) is 11.8 Å². The van der Waals surface area contributed by atoms with Gasteiger partial charge in [0.1, 0.15) is 0 Å². The number of hydrogen-bond acceptors (Lipinski definition) is 2. The number of carbonyl (C=O) groups excluding carboxylic acids is 2. The molecule has 1 rings (SSSR count). The monoisotopic (exact) mass is 500 g/mol. The van der Waals surface area contributed by atoms with Crippen LogP contribution in [0.4, 0.5) is 11.4 Å². The van der Waals surface area contributed by atoms with Crippen molar-refractivity contribution in [1.29, 1.82) is 0 Å². The van der Waals surface area contributed by atoms with E-state index in [4.69, 9.17) is 0 Å². The minimum atomic E-state index is 0.0762. The minimum Gasteiger partial charge on any atom is -0.326 e. The second-order valence-electron chi connectivity index (χ2n) is 10.5. The molecule has 2 N–H and O–H groups in total. The molecular formula is C32H56N2O2. The molecule has 0 bridgehead atoms. The van der Waals surface area contributed by atoms with Crippen LogP contribution in [0.1, 0.15) is 155 Å². The van der Waals surface area contributed by atoms with E-state index in [0.717, 1.165) is 37.1 Å². The van der Waals surface area contributed by atoms with Crippen LogP contribution in [0.5, 0.6) is 0 Å². The van der Waals surface area contributed by atoms with Gasteiger partial charge in [0.25, 0.3) is 0 Å². The van der Waals surface area contributed by atoms with Crippen LogP contribution in [0.15, 0.2) is 24.3 Å². The van der Waals surface area contributed by atoms with Crippen LogP contribution in [-0.2, 0) is 9.59 Å². The van der Waals surface area contributed by atoms with Crippen molar-refractivity contribution in [2.24, 2.45) is 0 Å². The van der Waals surface area contributed by atoms with Crippen molar-refractivity contribution in [3.63, 3.8) is 0 Å². The molecule has 36 heavy (non-hydrogen) atoms. The number of hydrogen-bond donors (Lipinski definition) is 2. The zero-order valence-corrected chi connectivity index (χ0v) is 23.7. The van der Waals surface area contributed by atoms with E-state index in [1.165, 1.54) is 103 Å². The maximum atomic E-state index is 12.2. The number of anilines is 2. The Morgan fingerprint density at radius 2 is 0.694 bits per heavy atom. The van der Waals surface area contributed by atoms with Crippen molar-refractivity contribution in [3.05, 3.63) is 24.3 Å². The standard InChI is InChI=1S/C32H56N2O2/c1-3-5-7-9-11-13-15-17-19-21-23-31(35)33-29-25-27-30(28-26-29)34-32(36)24-22-20-18-16-14-12-10-8-6-4-2/h25-28H,3-24H2,1-2H3,(H,33,35)(H,34,36). The predicted octanol–water partition coefficient (Wildman–Crippen LogP) is 10.2. The third-order valence-corrected chi connectivity index (χ3v) is 6.97. The lowest BCUT2D eigenvalue weighted by molar-refractivity contribution is -0.117. The summed E-state index contributed by atoms with van der Waals surface area (Å²) < 4.78 is 0. The topological polar surface area (TPSA) is 58.2 Å². The minimum absolute atomic E-state index is 0.0762. The van der Waals surface area contributed by atoms with Gasteiger partial charge < -0.3 is 10.6 Å². The van der Waals surface area contributed by atoms with Crippen molar-refractivity contribution in [3.8, 4) is 0 Å². The number of carbonyl (C=O) groups is 2. The average molecular weight is 501 g/mol. The molecule has 0 aliphatic carbocycles. The van der Waals surface area contributed by atoms with Crippen molar-refractivity contribution in [1.82, 2.24) is 0 Å². The van der Waals surface area contributed by atoms with E-state index in [2.05, 4.69) is 24.5 Å². The highest BCUT2D eigenvalue weighted by molar-refractivity contribution is 5.92. The molecule has 0 saturated heterocycles. The smallest absolute Gasteiger partial charge is 0.224 e. The Morgan fingerprint density at radius 1 is 0.444 bits per heavy atom. The molecule has 1 aromatic rings. The van der Waals surface area contributed by atoms with Gasteiger partial charge in [-0.2, -0.15) is 0 Å². The maximum absolute atomic E-state index is 12.2. The number of benzene rings is 1. The molecule has 0 fully saturated rings. The molecule has 206 valence electrons. The molecule has 0 heterocycles. The van der Waals surface area contributed by atoms with E-state index in [0.29, 0.717) is 12.8 Å². The fourth-order valence-corrected chi connectivity index (χ4v) is 4.63. The van der Waals surface area contributed by atoms with E-state index in [1.807, 2.05) is 24.3 Å². The van der Waals surface area contributed by atoms with Crippen LogP contribution < -0.4 is 10.6 Å². The fraction of sp³-hybridized carbons (Fsp3) is 0.750. The number of rotatable bonds is 24. The lowest BCUT2D eigenvalue weighted by Gasteiger charge is -2.08. The number of nitrogens with one attached hydrogen (secondary N) is 2. The molecule has 2 amide bonds. The van der Waals surface area contributed by atoms with Crippen LogP contribution in [0.3, 0.4) is 0 Å². The zero-order valence-electron chi connectivity index (χ0n) is 23.7. The molecule has 1 aromatic carbocycles. The molecule has 0 aliphatic rings. The maximum Gasteiger partial charge on any atom is 0.224 e. The lowest BCUT2D eigenvalue weighted by Crippen LogP contribution is -2.12. The fourth-order valence-electron chi connectivity index (χ4n) is 4.63. The third kappa shape index (κ3) is 19.4. The summed E-state index contributed by atoms with van der Waals surface area (Å²) in [6, 6.07) is 7.47. The van der Waals surface area contributed by atoms with Gasteiger partial charge in [-0.3, -0.25) is 9.59 Å². The predicted molar refractivity (Wildman–Crippen MR) is 157 cm³/mol. The molecule has 0 aliphatic heterocycles. The van der Waals surface area contributed by atoms with Gasteiger partial charge in [0.2, 0.25) is 11.8 Å². The molecule has 0 aromatic heterocycles. The molecule has 0 saturated carbocycles. The Bertz CT molecular complexity index is 600. The summed E-state index contributed by atoms with van der Waals surface area (Å²) in [5, 5.41) is 5.95. The Balaban J connectivity index is 2.03. The average Bonchev–Trinajstić information content (AvgIpc) is 2.87. The molecule has 0 spiro atoms. The number of amides is 2. The Kier molecular flexibility index (Phi) is 21.1. The van der Waals surface area contributed by atoms with E-state index in [-0.39, 0.29) is 11.8 Å². The van der Waals surface area contributed by atoms with E-state index >= 15 is 0 Å². The second-order valence-corrected chi connectivity index (χ2v) is 10.5. The first kappa shape index (κ1) is 32.2. The van der Waals surface area contributed by atoms with Crippen LogP contribution in [0.25, 0.3) is 0 Å². The van der Waals surface area contributed by atoms with Gasteiger partial charge in [0.15, 0.2) is 0 Å². The summed E-state index contributed by atoms with van der Waals surface area (Å²) in [4.78, 5) is 24.4. The lowest BCUT2D eigenvalue weighted by atomic mass is 10.1. The van der Waals surface area contributed by atoms with E-state index in [1.54, 1.807) is 0 Å². The van der Waals surface area contributed by atoms with Gasteiger partial charge in [-0.15, -0.1) is 0 Å². The number of unbranched alkanes of at least 4 members (excludes halogenated alkanes) is 18. The summed E-state index contributed by atoms with van der Waals surface area (Å²) in [6.07, 6.45) is 26.6. The van der Waals surface area contributed by atoms with E-state index < -0.39 is 0 Å². The molecule has 0 atom stereocenters. The quantitative estimate of drug-likeness (QED) is 0.139. The highest BCUT2D eigenvalue weighted by Gasteiger charge is 2.05. The first-order chi connectivity index (χ1) is 17.7. The van der Waals surface area contributed by atoms with E-state index in [9.17, 15) is 9.59 Å². The summed E-state index contributed by atoms with van der Waals surface area (Å²) in [5.74, 6) is 0.152. The highest BCUT2D eigenvalue weighted by atomic mass is 16.2. The van der Waals surface area contributed by atoms with Crippen LogP contribution in [0, 0.1) is 0 Å². The summed E-state index contributed by atoms with van der Waals surface area (Å²) in [5.41, 5.74) is 1.58. The van der Waals surface area contributed by atoms with Crippen LogP contribution >= 0.6 is 0 Å². The Hall–Kier alpha value is -1.84. The zero-order chi connectivity index (χ0) is 26.1.